The zero-order chi connectivity index (χ0) is 35.9. The molecular formula is C40H40O9. The van der Waals surface area contributed by atoms with Crippen LogP contribution in [0.5, 0.6) is 34.5 Å². The summed E-state index contributed by atoms with van der Waals surface area (Å²) in [6.45, 7) is 7.22. The second-order valence-corrected chi connectivity index (χ2v) is 12.3. The molecule has 5 rings (SSSR count). The van der Waals surface area contributed by atoms with Crippen molar-refractivity contribution in [1.82, 2.24) is 0 Å². The average Bonchev–Trinajstić information content (AvgIpc) is 3.04. The highest BCUT2D eigenvalue weighted by Crippen LogP contribution is 2.44. The fraction of sp³-hybridized carbons (Fsp3) is 0.200. The Morgan fingerprint density at radius 3 is 1.76 bits per heavy atom. The number of allylic oxidation sites excluding steroid dienone is 4. The second-order valence-electron chi connectivity index (χ2n) is 12.3. The van der Waals surface area contributed by atoms with E-state index in [4.69, 9.17) is 4.74 Å². The lowest BCUT2D eigenvalue weighted by Crippen LogP contribution is -2.46. The van der Waals surface area contributed by atoms with Crippen molar-refractivity contribution in [2.75, 3.05) is 0 Å². The molecule has 4 aromatic carbocycles. The Labute approximate surface area is 285 Å². The van der Waals surface area contributed by atoms with Gasteiger partial charge in [0.25, 0.3) is 0 Å². The van der Waals surface area contributed by atoms with E-state index in [1.54, 1.807) is 26.0 Å². The molecule has 0 saturated heterocycles. The number of phenols is 5. The van der Waals surface area contributed by atoms with E-state index in [1.165, 1.54) is 18.2 Å². The molecule has 1 heterocycles. The Hall–Kier alpha value is -5.80. The first-order valence-electron chi connectivity index (χ1n) is 15.6. The molecule has 0 aliphatic carbocycles. The second kappa shape index (κ2) is 15.4. The van der Waals surface area contributed by atoms with Gasteiger partial charge in [0, 0.05) is 29.7 Å². The van der Waals surface area contributed by atoms with E-state index >= 15 is 0 Å². The molecule has 1 atom stereocenters. The molecule has 6 N–H and O–H groups in total. The van der Waals surface area contributed by atoms with Gasteiger partial charge in [0.2, 0.25) is 0 Å². The number of carbonyl (C=O) groups excluding carboxylic acids is 2. The largest absolute Gasteiger partial charge is 0.507 e. The summed E-state index contributed by atoms with van der Waals surface area (Å²) in [5.74, 6) is -2.59. The Kier molecular flexibility index (Phi) is 11.3. The lowest BCUT2D eigenvalue weighted by molar-refractivity contribution is -0.0418. The number of fused-ring (bicyclic) bond motifs is 1. The van der Waals surface area contributed by atoms with Crippen molar-refractivity contribution in [3.63, 3.8) is 0 Å². The molecule has 9 nitrogen and oxygen atoms in total. The average molecular weight is 665 g/mol. The first-order chi connectivity index (χ1) is 23.2. The van der Waals surface area contributed by atoms with Gasteiger partial charge in [0.1, 0.15) is 51.2 Å². The van der Waals surface area contributed by atoms with Crippen LogP contribution in [0.3, 0.4) is 0 Å². The number of aliphatic hydroxyl groups excluding tert-OH is 1. The third-order valence-electron chi connectivity index (χ3n) is 7.94. The predicted molar refractivity (Wildman–Crippen MR) is 188 cm³/mol. The molecule has 1 aliphatic rings. The number of aromatic hydroxyl groups is 5. The van der Waals surface area contributed by atoms with Crippen LogP contribution in [0.4, 0.5) is 0 Å². The predicted octanol–water partition coefficient (Wildman–Crippen LogP) is 7.28. The highest BCUT2D eigenvalue weighted by atomic mass is 16.5. The summed E-state index contributed by atoms with van der Waals surface area (Å²) in [6, 6.07) is 20.8. The number of phenolic OH excluding ortho intramolecular Hbond substituents is 5. The molecule has 1 aliphatic heterocycles. The Morgan fingerprint density at radius 2 is 1.24 bits per heavy atom. The molecule has 9 heteroatoms. The lowest BCUT2D eigenvalue weighted by atomic mass is 9.89. The molecule has 0 fully saturated rings. The SMILES string of the molecule is CC(C)=CCc1c(O)cc(O)c(C(=O)/C=C/c2ccccc2)c1O.CC1(C)Oc2cc(O)c(C(=O)/C=C/c3ccccc3)c(O)c2CC1O. The molecule has 0 amide bonds. The molecular weight excluding hydrogens is 624 g/mol. The van der Waals surface area contributed by atoms with E-state index < -0.39 is 34.8 Å². The molecule has 0 spiro atoms. The van der Waals surface area contributed by atoms with Crippen LogP contribution in [0.2, 0.25) is 0 Å². The zero-order valence-corrected chi connectivity index (χ0v) is 27.7. The number of rotatable bonds is 8. The minimum Gasteiger partial charge on any atom is -0.507 e. The summed E-state index contributed by atoms with van der Waals surface area (Å²) in [5, 5.41) is 61.0. The summed E-state index contributed by atoms with van der Waals surface area (Å²) >= 11 is 0. The van der Waals surface area contributed by atoms with Crippen LogP contribution in [0, 0.1) is 0 Å². The molecule has 0 radical (unpaired) electrons. The Morgan fingerprint density at radius 1 is 0.755 bits per heavy atom. The fourth-order valence-corrected chi connectivity index (χ4v) is 5.07. The third kappa shape index (κ3) is 8.77. The maximum Gasteiger partial charge on any atom is 0.193 e. The minimum atomic E-state index is -0.843. The van der Waals surface area contributed by atoms with E-state index in [9.17, 15) is 40.2 Å². The van der Waals surface area contributed by atoms with Gasteiger partial charge in [-0.1, -0.05) is 84.5 Å². The van der Waals surface area contributed by atoms with E-state index in [0.717, 1.165) is 22.8 Å². The first kappa shape index (κ1) is 36.0. The van der Waals surface area contributed by atoms with Gasteiger partial charge >= 0.3 is 0 Å². The van der Waals surface area contributed by atoms with Gasteiger partial charge in [-0.25, -0.2) is 0 Å². The topological polar surface area (TPSA) is 165 Å². The molecule has 1 unspecified atom stereocenters. The van der Waals surface area contributed by atoms with Crippen LogP contribution < -0.4 is 4.74 Å². The van der Waals surface area contributed by atoms with E-state index in [-0.39, 0.29) is 52.5 Å². The van der Waals surface area contributed by atoms with Crippen molar-refractivity contribution in [3.8, 4) is 34.5 Å². The minimum absolute atomic E-state index is 0.136. The molecule has 4 aromatic rings. The standard InChI is InChI=1S/C20H20O5.C20H20O4/c1-20(2)17(23)10-13-16(25-20)11-15(22)18(19(13)24)14(21)9-8-12-6-4-3-5-7-12;1-13(2)8-10-15-17(22)12-18(23)19(20(15)24)16(21)11-9-14-6-4-3-5-7-14/h3-9,11,17,22-24H,10H2,1-2H3;3-9,11-12,22-24H,10H2,1-2H3/b9-8+;11-9+. The van der Waals surface area contributed by atoms with Crippen LogP contribution in [0.15, 0.2) is 96.6 Å². The number of carbonyl (C=O) groups is 2. The van der Waals surface area contributed by atoms with Crippen molar-refractivity contribution in [3.05, 3.63) is 130 Å². The van der Waals surface area contributed by atoms with Crippen molar-refractivity contribution in [2.45, 2.75) is 52.2 Å². The number of aliphatic hydroxyl groups is 1. The van der Waals surface area contributed by atoms with Crippen LogP contribution in [0.25, 0.3) is 12.2 Å². The monoisotopic (exact) mass is 664 g/mol. The van der Waals surface area contributed by atoms with Gasteiger partial charge < -0.3 is 35.4 Å². The van der Waals surface area contributed by atoms with Gasteiger partial charge in [-0.15, -0.1) is 0 Å². The van der Waals surface area contributed by atoms with E-state index in [2.05, 4.69) is 0 Å². The van der Waals surface area contributed by atoms with Gasteiger partial charge in [-0.05, 0) is 57.4 Å². The number of ketones is 2. The highest BCUT2D eigenvalue weighted by Gasteiger charge is 2.38. The molecule has 0 bridgehead atoms. The third-order valence-corrected chi connectivity index (χ3v) is 7.94. The summed E-state index contributed by atoms with van der Waals surface area (Å²) in [6.07, 6.45) is 7.17. The zero-order valence-electron chi connectivity index (χ0n) is 27.7. The van der Waals surface area contributed by atoms with Crippen molar-refractivity contribution in [1.29, 1.82) is 0 Å². The number of ether oxygens (including phenoxy) is 1. The quantitative estimate of drug-likeness (QED) is 0.0645. The lowest BCUT2D eigenvalue weighted by Gasteiger charge is -2.37. The van der Waals surface area contributed by atoms with Crippen LogP contribution in [-0.4, -0.2) is 53.9 Å². The van der Waals surface area contributed by atoms with Gasteiger partial charge in [-0.2, -0.15) is 0 Å². The summed E-state index contributed by atoms with van der Waals surface area (Å²) < 4.78 is 5.66. The fourth-order valence-electron chi connectivity index (χ4n) is 5.07. The molecule has 0 saturated carbocycles. The van der Waals surface area contributed by atoms with Crippen LogP contribution in [0.1, 0.15) is 70.7 Å². The summed E-state index contributed by atoms with van der Waals surface area (Å²) in [5.41, 5.74) is 1.95. The number of benzene rings is 4. The molecule has 49 heavy (non-hydrogen) atoms. The van der Waals surface area contributed by atoms with E-state index in [0.29, 0.717) is 5.56 Å². The Balaban J connectivity index is 0.000000221. The maximum absolute atomic E-state index is 12.4. The van der Waals surface area contributed by atoms with Gasteiger partial charge in [-0.3, -0.25) is 9.59 Å². The maximum atomic E-state index is 12.4. The Bertz CT molecular complexity index is 1920. The summed E-state index contributed by atoms with van der Waals surface area (Å²) in [4.78, 5) is 24.8. The first-order valence-corrected chi connectivity index (χ1v) is 15.6. The highest BCUT2D eigenvalue weighted by molar-refractivity contribution is 6.11. The number of hydrogen-bond acceptors (Lipinski definition) is 9. The van der Waals surface area contributed by atoms with Gasteiger partial charge in [0.15, 0.2) is 11.6 Å². The van der Waals surface area contributed by atoms with Crippen molar-refractivity contribution < 1.29 is 45.0 Å². The summed E-state index contributed by atoms with van der Waals surface area (Å²) in [7, 11) is 0. The smallest absolute Gasteiger partial charge is 0.193 e. The van der Waals surface area contributed by atoms with Crippen molar-refractivity contribution >= 4 is 23.7 Å². The molecule has 254 valence electrons. The number of hydrogen-bond donors (Lipinski definition) is 6. The molecule has 0 aromatic heterocycles. The van der Waals surface area contributed by atoms with E-state index in [1.807, 2.05) is 80.6 Å². The van der Waals surface area contributed by atoms with Crippen molar-refractivity contribution in [2.24, 2.45) is 0 Å². The van der Waals surface area contributed by atoms with Crippen LogP contribution >= 0.6 is 0 Å². The van der Waals surface area contributed by atoms with Gasteiger partial charge in [0.05, 0.1) is 6.10 Å². The van der Waals surface area contributed by atoms with Crippen LogP contribution in [-0.2, 0) is 12.8 Å². The normalized spacial score (nSPS) is 14.8.